The Kier molecular flexibility index (Phi) is 6.04. The van der Waals surface area contributed by atoms with Gasteiger partial charge in [0.1, 0.15) is 5.01 Å². The van der Waals surface area contributed by atoms with E-state index in [1.54, 1.807) is 0 Å². The molecule has 0 aliphatic heterocycles. The van der Waals surface area contributed by atoms with Crippen LogP contribution in [0.4, 0.5) is 5.69 Å². The van der Waals surface area contributed by atoms with Crippen LogP contribution in [0.1, 0.15) is 10.7 Å². The van der Waals surface area contributed by atoms with Crippen molar-refractivity contribution in [3.8, 4) is 0 Å². The molecule has 1 amide bonds. The molecule has 8 heteroatoms. The van der Waals surface area contributed by atoms with Gasteiger partial charge < -0.3 is 5.32 Å². The van der Waals surface area contributed by atoms with Gasteiger partial charge in [0, 0.05) is 18.8 Å². The zero-order chi connectivity index (χ0) is 14.7. The van der Waals surface area contributed by atoms with E-state index in [2.05, 4.69) is 58.1 Å². The molecule has 0 unspecified atom stereocenters. The monoisotopic (exact) mass is 500 g/mol. The summed E-state index contributed by atoms with van der Waals surface area (Å²) in [4.78, 5) is 16.3. The largest absolute Gasteiger partial charge is 0.324 e. The summed E-state index contributed by atoms with van der Waals surface area (Å²) in [6.07, 6.45) is 0.233. The van der Waals surface area contributed by atoms with E-state index in [-0.39, 0.29) is 12.3 Å². The smallest absolute Gasteiger partial charge is 0.231 e. The fourth-order valence-corrected chi connectivity index (χ4v) is 4.95. The minimum absolute atomic E-state index is 0.121. The van der Waals surface area contributed by atoms with Crippen molar-refractivity contribution < 1.29 is 4.79 Å². The van der Waals surface area contributed by atoms with E-state index in [1.807, 2.05) is 17.5 Å². The lowest BCUT2D eigenvalue weighted by molar-refractivity contribution is -0.115. The third-order valence-electron chi connectivity index (χ3n) is 2.32. The number of benzene rings is 1. The molecule has 1 aromatic carbocycles. The highest BCUT2D eigenvalue weighted by atomic mass is 79.9. The number of hydrogen-bond donors (Lipinski definition) is 1. The second kappa shape index (κ2) is 7.35. The van der Waals surface area contributed by atoms with Crippen molar-refractivity contribution in [2.75, 3.05) is 5.32 Å². The molecule has 2 rings (SSSR count). The molecule has 0 bridgehead atoms. The average molecular weight is 503 g/mol. The molecule has 106 valence electrons. The number of carbonyl (C=O) groups is 1. The molecule has 0 aliphatic carbocycles. The molecule has 0 aliphatic rings. The molecule has 0 fully saturated rings. The number of aromatic nitrogens is 1. The van der Waals surface area contributed by atoms with Crippen LogP contribution in [0.2, 0.25) is 0 Å². The first-order chi connectivity index (χ1) is 9.49. The van der Waals surface area contributed by atoms with E-state index >= 15 is 0 Å². The maximum absolute atomic E-state index is 12.0. The van der Waals surface area contributed by atoms with Crippen LogP contribution >= 0.6 is 70.7 Å². The van der Waals surface area contributed by atoms with Gasteiger partial charge in [-0.3, -0.25) is 4.79 Å². The summed E-state index contributed by atoms with van der Waals surface area (Å²) in [5, 5.41) is 5.48. The third kappa shape index (κ3) is 4.27. The van der Waals surface area contributed by atoms with Crippen LogP contribution in [0, 0.1) is 0 Å². The second-order valence-electron chi connectivity index (χ2n) is 3.84. The van der Waals surface area contributed by atoms with Gasteiger partial charge in [-0.05, 0) is 44.0 Å². The number of nitrogens with zero attached hydrogens (tertiary/aromatic N) is 1. The molecule has 3 nitrogen and oxygen atoms in total. The van der Waals surface area contributed by atoms with Gasteiger partial charge in [-0.2, -0.15) is 0 Å². The fraction of sp³-hybridized carbons (Fsp3) is 0.167. The molecule has 1 heterocycles. The van der Waals surface area contributed by atoms with Crippen molar-refractivity contribution in [1.29, 1.82) is 0 Å². The number of hydrogen-bond acceptors (Lipinski definition) is 3. The summed E-state index contributed by atoms with van der Waals surface area (Å²) >= 11 is 17.4. The van der Waals surface area contributed by atoms with Crippen molar-refractivity contribution >= 4 is 82.3 Å². The van der Waals surface area contributed by atoms with Crippen LogP contribution in [0.3, 0.4) is 0 Å². The maximum atomic E-state index is 12.0. The molecule has 1 N–H and O–H groups in total. The minimum atomic E-state index is -0.121. The maximum Gasteiger partial charge on any atom is 0.231 e. The first-order valence-electron chi connectivity index (χ1n) is 5.43. The molecule has 0 radical (unpaired) electrons. The summed E-state index contributed by atoms with van der Waals surface area (Å²) < 4.78 is 2.52. The SMILES string of the molecule is O=C(Cc1nc(CCl)cs1)Nc1c(Br)cc(Br)cc1Br. The standard InChI is InChI=1S/C12H8Br3ClN2OS/c13-6-1-8(14)12(9(15)2-6)18-10(19)3-11-17-7(4-16)5-20-11/h1-2,5H,3-4H2,(H,18,19). The Balaban J connectivity index is 2.08. The van der Waals surface area contributed by atoms with Gasteiger partial charge in [-0.15, -0.1) is 22.9 Å². The normalized spacial score (nSPS) is 10.6. The number of rotatable bonds is 4. The van der Waals surface area contributed by atoms with E-state index in [0.29, 0.717) is 11.6 Å². The molecule has 0 saturated heterocycles. The van der Waals surface area contributed by atoms with Crippen LogP contribution in [-0.2, 0) is 17.1 Å². The van der Waals surface area contributed by atoms with E-state index < -0.39 is 0 Å². The van der Waals surface area contributed by atoms with E-state index in [0.717, 1.165) is 24.1 Å². The van der Waals surface area contributed by atoms with Crippen LogP contribution in [0.15, 0.2) is 30.9 Å². The quantitative estimate of drug-likeness (QED) is 0.572. The van der Waals surface area contributed by atoms with Gasteiger partial charge in [-0.25, -0.2) is 4.98 Å². The average Bonchev–Trinajstić information content (AvgIpc) is 2.81. The Morgan fingerprint density at radius 1 is 1.30 bits per heavy atom. The lowest BCUT2D eigenvalue weighted by Gasteiger charge is -2.09. The first kappa shape index (κ1) is 16.4. The van der Waals surface area contributed by atoms with Crippen molar-refractivity contribution in [1.82, 2.24) is 4.98 Å². The predicted octanol–water partition coefficient (Wildman–Crippen LogP) is 5.35. The number of carbonyl (C=O) groups excluding carboxylic acids is 1. The number of anilines is 1. The highest BCUT2D eigenvalue weighted by molar-refractivity contribution is 9.11. The van der Waals surface area contributed by atoms with Crippen molar-refractivity contribution in [3.63, 3.8) is 0 Å². The number of thiazole rings is 1. The lowest BCUT2D eigenvalue weighted by atomic mass is 10.3. The summed E-state index contributed by atoms with van der Waals surface area (Å²) in [6, 6.07) is 3.74. The molecule has 2 aromatic rings. The Morgan fingerprint density at radius 3 is 2.50 bits per heavy atom. The lowest BCUT2D eigenvalue weighted by Crippen LogP contribution is -2.15. The van der Waals surface area contributed by atoms with Gasteiger partial charge in [0.15, 0.2) is 0 Å². The van der Waals surface area contributed by atoms with E-state index in [1.165, 1.54) is 11.3 Å². The zero-order valence-corrected chi connectivity index (χ0v) is 16.3. The number of halogens is 4. The van der Waals surface area contributed by atoms with E-state index in [9.17, 15) is 4.79 Å². The Hall–Kier alpha value is 0.0500. The summed E-state index contributed by atoms with van der Waals surface area (Å²) in [6.45, 7) is 0. The number of amides is 1. The molecular weight excluding hydrogens is 495 g/mol. The number of alkyl halides is 1. The molecular formula is C12H8Br3ClN2OS. The minimum Gasteiger partial charge on any atom is -0.324 e. The van der Waals surface area contributed by atoms with Crippen molar-refractivity contribution in [2.24, 2.45) is 0 Å². The van der Waals surface area contributed by atoms with Crippen LogP contribution in [0.5, 0.6) is 0 Å². The third-order valence-corrected chi connectivity index (χ3v) is 5.20. The van der Waals surface area contributed by atoms with Gasteiger partial charge in [0.05, 0.1) is 23.7 Å². The van der Waals surface area contributed by atoms with E-state index in [4.69, 9.17) is 11.6 Å². The summed E-state index contributed by atoms with van der Waals surface area (Å²) in [7, 11) is 0. The van der Waals surface area contributed by atoms with Gasteiger partial charge in [-0.1, -0.05) is 15.9 Å². The van der Waals surface area contributed by atoms with Crippen molar-refractivity contribution in [2.45, 2.75) is 12.3 Å². The van der Waals surface area contributed by atoms with Crippen LogP contribution < -0.4 is 5.32 Å². The Bertz CT molecular complexity index is 624. The van der Waals surface area contributed by atoms with Crippen LogP contribution in [-0.4, -0.2) is 10.9 Å². The molecule has 20 heavy (non-hydrogen) atoms. The number of nitrogens with one attached hydrogen (secondary N) is 1. The predicted molar refractivity (Wildman–Crippen MR) is 93.5 cm³/mol. The second-order valence-corrected chi connectivity index (χ2v) is 7.67. The molecule has 0 atom stereocenters. The zero-order valence-electron chi connectivity index (χ0n) is 9.92. The highest BCUT2D eigenvalue weighted by Crippen LogP contribution is 2.34. The van der Waals surface area contributed by atoms with Crippen LogP contribution in [0.25, 0.3) is 0 Å². The van der Waals surface area contributed by atoms with Gasteiger partial charge in [0.2, 0.25) is 5.91 Å². The summed E-state index contributed by atoms with van der Waals surface area (Å²) in [5.74, 6) is 0.242. The van der Waals surface area contributed by atoms with Gasteiger partial charge >= 0.3 is 0 Å². The fourth-order valence-electron chi connectivity index (χ4n) is 1.47. The Morgan fingerprint density at radius 2 is 1.95 bits per heavy atom. The highest BCUT2D eigenvalue weighted by Gasteiger charge is 2.12. The van der Waals surface area contributed by atoms with Crippen molar-refractivity contribution in [3.05, 3.63) is 41.6 Å². The molecule has 1 aromatic heterocycles. The topological polar surface area (TPSA) is 42.0 Å². The Labute approximate surface area is 150 Å². The molecule has 0 saturated carbocycles. The first-order valence-corrected chi connectivity index (χ1v) is 9.22. The molecule has 0 spiro atoms. The van der Waals surface area contributed by atoms with Gasteiger partial charge in [0.25, 0.3) is 0 Å². The summed E-state index contributed by atoms with van der Waals surface area (Å²) in [5.41, 5.74) is 1.50.